The summed E-state index contributed by atoms with van der Waals surface area (Å²) in [4.78, 5) is 103. The van der Waals surface area contributed by atoms with Crippen molar-refractivity contribution in [3.05, 3.63) is 29.8 Å². The van der Waals surface area contributed by atoms with Crippen LogP contribution in [0.2, 0.25) is 0 Å². The molecule has 3 aliphatic heterocycles. The Kier molecular flexibility index (Phi) is 27.9. The zero-order valence-corrected chi connectivity index (χ0v) is 47.5. The number of aromatic hydroxyl groups is 1. The molecule has 4 rings (SSSR count). The van der Waals surface area contributed by atoms with E-state index in [4.69, 9.17) is 5.73 Å². The van der Waals surface area contributed by atoms with Crippen molar-refractivity contribution in [1.82, 2.24) is 47.0 Å². The number of nitrogens with zero attached hydrogens (tertiary/aromatic N) is 2. The highest BCUT2D eigenvalue weighted by Crippen LogP contribution is 2.27. The molecule has 80 heavy (non-hydrogen) atoms. The summed E-state index contributed by atoms with van der Waals surface area (Å²) in [6, 6.07) is -6.32. The molecule has 3 fully saturated rings. The molecule has 1 aromatic carbocycles. The number of amides is 7. The molecule has 454 valence electrons. The van der Waals surface area contributed by atoms with Crippen molar-refractivity contribution in [1.29, 1.82) is 0 Å². The van der Waals surface area contributed by atoms with Gasteiger partial charge in [-0.3, -0.25) is 38.9 Å². The lowest BCUT2D eigenvalue weighted by Gasteiger charge is -2.35. The van der Waals surface area contributed by atoms with Crippen LogP contribution in [0.15, 0.2) is 24.3 Å². The van der Waals surface area contributed by atoms with Gasteiger partial charge in [0.05, 0.1) is 30.5 Å². The largest absolute Gasteiger partial charge is 0.508 e. The van der Waals surface area contributed by atoms with Crippen molar-refractivity contribution >= 4 is 41.4 Å². The van der Waals surface area contributed by atoms with Crippen molar-refractivity contribution in [2.75, 3.05) is 32.7 Å². The number of hydrogen-bond donors (Lipinski definition) is 16. The zero-order valence-electron chi connectivity index (χ0n) is 47.5. The van der Waals surface area contributed by atoms with Gasteiger partial charge in [-0.15, -0.1) is 0 Å². The van der Waals surface area contributed by atoms with Gasteiger partial charge in [0.15, 0.2) is 0 Å². The predicted octanol–water partition coefficient (Wildman–Crippen LogP) is -2.27. The molecule has 7 amide bonds. The van der Waals surface area contributed by atoms with E-state index in [0.717, 1.165) is 54.7 Å². The Balaban J connectivity index is 1.76. The highest BCUT2D eigenvalue weighted by molar-refractivity contribution is 5.98. The number of unbranched alkanes of at least 4 members (excludes halogenated alkanes) is 5. The minimum Gasteiger partial charge on any atom is -0.508 e. The SMILES string of the molecule is CC[C@H](C)C[C@H](C)CCCCCCCCC(=O)N[C@H]1C[C@@H](O)[C@@H](NCCNC(C)C)NC(=O)[C@@H]2[C@@H](O)CCN2C(=O)[C@H]([C@H](O)CCN)NC(=O)[C@H]([C@H](O)[C@@H](O)c2ccc(O)cc2)NC(=O)[C@@H]2C[C@@H](O)CN2C(=O)[C@H]([C@@H](C)O)NC1=O. The summed E-state index contributed by atoms with van der Waals surface area (Å²) in [7, 11) is 0. The Morgan fingerprint density at radius 3 is 1.98 bits per heavy atom. The topological polar surface area (TPSA) is 398 Å². The Hall–Kier alpha value is -5.09. The Morgan fingerprint density at radius 1 is 0.713 bits per heavy atom. The molecule has 17 N–H and O–H groups in total. The molecule has 0 radical (unpaired) electrons. The van der Waals surface area contributed by atoms with E-state index in [1.54, 1.807) is 0 Å². The third kappa shape index (κ3) is 20.1. The summed E-state index contributed by atoms with van der Waals surface area (Å²) < 4.78 is 0. The number of nitrogens with two attached hydrogens (primary N) is 1. The number of carbonyl (C=O) groups is 7. The molecular formula is C55H94N10O15. The number of fused-ring (bicyclic) bond motifs is 2. The van der Waals surface area contributed by atoms with Crippen LogP contribution in [0, 0.1) is 11.8 Å². The third-order valence-corrected chi connectivity index (χ3v) is 15.4. The van der Waals surface area contributed by atoms with E-state index in [2.05, 4.69) is 58.0 Å². The number of carbonyl (C=O) groups excluding carboxylic acids is 7. The Labute approximate surface area is 469 Å². The van der Waals surface area contributed by atoms with E-state index in [9.17, 15) is 74.4 Å². The van der Waals surface area contributed by atoms with Gasteiger partial charge in [-0.2, -0.15) is 0 Å². The maximum Gasteiger partial charge on any atom is 0.248 e. The molecule has 0 aliphatic carbocycles. The van der Waals surface area contributed by atoms with Crippen LogP contribution in [-0.4, -0.2) is 210 Å². The van der Waals surface area contributed by atoms with Gasteiger partial charge >= 0.3 is 0 Å². The second-order valence-corrected chi connectivity index (χ2v) is 22.6. The van der Waals surface area contributed by atoms with E-state index in [1.165, 1.54) is 37.6 Å². The smallest absolute Gasteiger partial charge is 0.248 e. The Bertz CT molecular complexity index is 2140. The maximum absolute atomic E-state index is 14.7. The number of rotatable bonds is 25. The van der Waals surface area contributed by atoms with Gasteiger partial charge in [-0.05, 0) is 68.7 Å². The molecule has 3 aliphatic rings. The Morgan fingerprint density at radius 2 is 1.34 bits per heavy atom. The summed E-state index contributed by atoms with van der Waals surface area (Å²) in [5.41, 5.74) is 5.73. The van der Waals surface area contributed by atoms with Crippen molar-refractivity contribution in [2.45, 2.75) is 223 Å². The summed E-state index contributed by atoms with van der Waals surface area (Å²) in [6.45, 7) is 11.0. The monoisotopic (exact) mass is 1130 g/mol. The van der Waals surface area contributed by atoms with E-state index in [1.807, 2.05) is 13.8 Å². The van der Waals surface area contributed by atoms with Crippen molar-refractivity contribution in [2.24, 2.45) is 17.6 Å². The highest BCUT2D eigenvalue weighted by Gasteiger charge is 2.49. The fourth-order valence-electron chi connectivity index (χ4n) is 10.6. The first-order chi connectivity index (χ1) is 37.9. The van der Waals surface area contributed by atoms with Crippen LogP contribution in [0.4, 0.5) is 0 Å². The van der Waals surface area contributed by atoms with E-state index in [-0.39, 0.29) is 56.3 Å². The minimum atomic E-state index is -2.28. The first kappa shape index (κ1) is 67.4. The molecule has 16 atom stereocenters. The van der Waals surface area contributed by atoms with Crippen LogP contribution in [0.1, 0.15) is 143 Å². The van der Waals surface area contributed by atoms with Gasteiger partial charge < -0.3 is 88.3 Å². The van der Waals surface area contributed by atoms with Gasteiger partial charge in [-0.25, -0.2) is 0 Å². The molecule has 1 aromatic rings. The highest BCUT2D eigenvalue weighted by atomic mass is 16.3. The molecular weight excluding hydrogens is 1040 g/mol. The minimum absolute atomic E-state index is 0.0181. The number of hydrogen-bond acceptors (Lipinski definition) is 18. The molecule has 0 bridgehead atoms. The predicted molar refractivity (Wildman–Crippen MR) is 294 cm³/mol. The van der Waals surface area contributed by atoms with Gasteiger partial charge in [0.2, 0.25) is 41.4 Å². The molecule has 3 heterocycles. The van der Waals surface area contributed by atoms with Crippen molar-refractivity contribution in [3.8, 4) is 5.75 Å². The zero-order chi connectivity index (χ0) is 59.4. The van der Waals surface area contributed by atoms with Gasteiger partial charge in [0, 0.05) is 51.5 Å². The standard InChI is InChI=1S/C55H94N10O15/c1-7-31(4)26-32(5)14-12-10-8-9-11-13-15-42(72)59-37-28-41(71)49(58-24-23-57-30(2)3)63-53(78)46-40(70)21-25-64(46)55(80)44(39(69)20-22-56)61-52(77)45(48(74)47(73)34-16-18-35(67)19-17-34)62-51(76)38-27-36(68)29-65(38)54(79)43(33(6)66)60-50(37)75/h16-19,30-33,36-41,43-49,57-58,66-71,73-74H,7-15,20-29,56H2,1-6H3,(H,59,72)(H,60,75)(H,61,77)(H,62,76)(H,63,78)/t31-,32+,33+,36+,37-,38-,39+,40-,41+,43-,44-,45-,46-,47-,48-,49-/m0/s1. The molecule has 0 unspecified atom stereocenters. The fraction of sp³-hybridized carbons (Fsp3) is 0.764. The van der Waals surface area contributed by atoms with Crippen LogP contribution in [-0.2, 0) is 33.6 Å². The fourth-order valence-corrected chi connectivity index (χ4v) is 10.6. The number of phenols is 1. The first-order valence-corrected chi connectivity index (χ1v) is 28.7. The maximum atomic E-state index is 14.7. The molecule has 25 heteroatoms. The van der Waals surface area contributed by atoms with Gasteiger partial charge in [-0.1, -0.05) is 91.7 Å². The van der Waals surface area contributed by atoms with E-state index >= 15 is 0 Å². The third-order valence-electron chi connectivity index (χ3n) is 15.4. The van der Waals surface area contributed by atoms with Crippen molar-refractivity contribution < 1.29 is 74.4 Å². The molecule has 0 saturated carbocycles. The second kappa shape index (κ2) is 33.1. The normalized spacial score (nSPS) is 28.1. The van der Waals surface area contributed by atoms with Crippen LogP contribution in [0.5, 0.6) is 5.75 Å². The van der Waals surface area contributed by atoms with Crippen LogP contribution < -0.4 is 43.0 Å². The molecule has 25 nitrogen and oxygen atoms in total. The van der Waals surface area contributed by atoms with Gasteiger partial charge in [0.25, 0.3) is 0 Å². The summed E-state index contributed by atoms with van der Waals surface area (Å²) in [5, 5.41) is 109. The van der Waals surface area contributed by atoms with E-state index in [0.29, 0.717) is 24.8 Å². The summed E-state index contributed by atoms with van der Waals surface area (Å²) in [5.74, 6) is -6.34. The van der Waals surface area contributed by atoms with Crippen LogP contribution >= 0.6 is 0 Å². The average molecular weight is 1140 g/mol. The van der Waals surface area contributed by atoms with E-state index < -0.39 is 146 Å². The number of aliphatic hydroxyl groups excluding tert-OH is 7. The lowest BCUT2D eigenvalue weighted by Crippen LogP contribution is -2.65. The van der Waals surface area contributed by atoms with Crippen LogP contribution in [0.3, 0.4) is 0 Å². The molecule has 0 aromatic heterocycles. The average Bonchev–Trinajstić information content (AvgIpc) is 4.12. The lowest BCUT2D eigenvalue weighted by molar-refractivity contribution is -0.148. The summed E-state index contributed by atoms with van der Waals surface area (Å²) >= 11 is 0. The number of phenolic OH excluding ortho intramolecular Hbond substituents is 1. The lowest BCUT2D eigenvalue weighted by atomic mass is 9.91. The van der Waals surface area contributed by atoms with Crippen molar-refractivity contribution in [3.63, 3.8) is 0 Å². The van der Waals surface area contributed by atoms with Crippen LogP contribution in [0.25, 0.3) is 0 Å². The number of aliphatic hydroxyl groups is 7. The first-order valence-electron chi connectivity index (χ1n) is 28.7. The van der Waals surface area contributed by atoms with Gasteiger partial charge in [0.1, 0.15) is 60.4 Å². The molecule has 0 spiro atoms. The summed E-state index contributed by atoms with van der Waals surface area (Å²) in [6.07, 6.45) is -6.79. The quantitative estimate of drug-likeness (QED) is 0.0459. The number of benzene rings is 1. The number of nitrogens with one attached hydrogen (secondary N) is 7. The second-order valence-electron chi connectivity index (χ2n) is 22.6. The molecule has 3 saturated heterocycles.